The molecule has 1 saturated heterocycles. The average Bonchev–Trinajstić information content (AvgIpc) is 3.42. The number of thioether (sulfide) groups is 1. The zero-order valence-electron chi connectivity index (χ0n) is 23.3. The molecule has 1 fully saturated rings. The van der Waals surface area contributed by atoms with Gasteiger partial charge in [0.25, 0.3) is 11.8 Å². The predicted octanol–water partition coefficient (Wildman–Crippen LogP) is 3.83. The summed E-state index contributed by atoms with van der Waals surface area (Å²) in [6.45, 7) is 5.71. The molecule has 1 aliphatic heterocycles. The predicted molar refractivity (Wildman–Crippen MR) is 160 cm³/mol. The molecule has 3 atom stereocenters. The number of phenols is 1. The van der Waals surface area contributed by atoms with Crippen LogP contribution in [0.3, 0.4) is 0 Å². The molecular weight excluding hydrogens is 538 g/mol. The summed E-state index contributed by atoms with van der Waals surface area (Å²) in [5.74, 6) is -1.36. The SMILES string of the molecule is C/C=C1\SCN(C(=O)C(O)C(Cc2ccccc2)NC(=O)c2cccc(O)c2C)C1C(=O)NCc1ccccc1C. The van der Waals surface area contributed by atoms with Gasteiger partial charge in [0, 0.05) is 22.6 Å². The van der Waals surface area contributed by atoms with Gasteiger partial charge in [0.05, 0.1) is 11.9 Å². The minimum Gasteiger partial charge on any atom is -0.508 e. The van der Waals surface area contributed by atoms with Gasteiger partial charge in [0.15, 0.2) is 6.10 Å². The summed E-state index contributed by atoms with van der Waals surface area (Å²) in [5.41, 5.74) is 3.46. The molecule has 1 aliphatic rings. The van der Waals surface area contributed by atoms with Crippen LogP contribution in [0.25, 0.3) is 0 Å². The number of benzene rings is 3. The highest BCUT2D eigenvalue weighted by Gasteiger charge is 2.42. The van der Waals surface area contributed by atoms with Gasteiger partial charge in [-0.3, -0.25) is 14.4 Å². The number of nitrogens with one attached hydrogen (secondary N) is 2. The Labute approximate surface area is 244 Å². The van der Waals surface area contributed by atoms with Crippen molar-refractivity contribution in [1.29, 1.82) is 0 Å². The summed E-state index contributed by atoms with van der Waals surface area (Å²) in [5, 5.41) is 27.2. The first kappa shape index (κ1) is 29.9. The number of carbonyl (C=O) groups excluding carboxylic acids is 3. The van der Waals surface area contributed by atoms with E-state index in [9.17, 15) is 24.6 Å². The molecule has 0 bridgehead atoms. The van der Waals surface area contributed by atoms with E-state index in [0.29, 0.717) is 17.0 Å². The Bertz CT molecular complexity index is 1440. The Morgan fingerprint density at radius 2 is 1.73 bits per heavy atom. The highest BCUT2D eigenvalue weighted by atomic mass is 32.2. The third-order valence-corrected chi connectivity index (χ3v) is 8.48. The lowest BCUT2D eigenvalue weighted by Crippen LogP contribution is -2.56. The molecule has 0 saturated carbocycles. The van der Waals surface area contributed by atoms with E-state index in [4.69, 9.17) is 0 Å². The molecule has 8 nitrogen and oxygen atoms in total. The largest absolute Gasteiger partial charge is 0.508 e. The molecule has 4 N–H and O–H groups in total. The topological polar surface area (TPSA) is 119 Å². The normalized spacial score (nSPS) is 17.2. The molecule has 0 aromatic heterocycles. The van der Waals surface area contributed by atoms with Crippen LogP contribution in [0.1, 0.15) is 39.5 Å². The van der Waals surface area contributed by atoms with Gasteiger partial charge in [-0.05, 0) is 56.0 Å². The molecular formula is C32H35N3O5S. The van der Waals surface area contributed by atoms with Crippen LogP contribution in [-0.4, -0.2) is 56.9 Å². The van der Waals surface area contributed by atoms with Crippen LogP contribution in [0.15, 0.2) is 83.8 Å². The average molecular weight is 574 g/mol. The first-order chi connectivity index (χ1) is 19.7. The van der Waals surface area contributed by atoms with Crippen LogP contribution in [0.2, 0.25) is 0 Å². The first-order valence-corrected chi connectivity index (χ1v) is 14.4. The molecule has 0 aliphatic carbocycles. The fourth-order valence-corrected chi connectivity index (χ4v) is 5.93. The Morgan fingerprint density at radius 1 is 1.02 bits per heavy atom. The minimum absolute atomic E-state index is 0.0265. The van der Waals surface area contributed by atoms with Gasteiger partial charge < -0.3 is 25.7 Å². The van der Waals surface area contributed by atoms with E-state index in [1.54, 1.807) is 25.1 Å². The standard InChI is InChI=1S/C32H35N3O5S/c1-4-27-28(31(39)33-18-23-14-9-8-11-20(23)2)35(19-41-27)32(40)29(37)25(17-22-12-6-5-7-13-22)34-30(38)24-15-10-16-26(36)21(24)3/h4-16,25,28-29,36-37H,17-19H2,1-3H3,(H,33,39)(H,34,38)/b27-4-. The summed E-state index contributed by atoms with van der Waals surface area (Å²) >= 11 is 1.37. The minimum atomic E-state index is -1.62. The van der Waals surface area contributed by atoms with Gasteiger partial charge in [-0.2, -0.15) is 0 Å². The second kappa shape index (κ2) is 13.5. The molecule has 3 amide bonds. The van der Waals surface area contributed by atoms with Crippen molar-refractivity contribution < 1.29 is 24.6 Å². The number of aromatic hydroxyl groups is 1. The van der Waals surface area contributed by atoms with Crippen molar-refractivity contribution in [3.63, 3.8) is 0 Å². The Hall–Kier alpha value is -4.08. The maximum absolute atomic E-state index is 13.8. The Morgan fingerprint density at radius 3 is 2.44 bits per heavy atom. The van der Waals surface area contributed by atoms with E-state index in [2.05, 4.69) is 10.6 Å². The number of hydrogen-bond acceptors (Lipinski definition) is 6. The van der Waals surface area contributed by atoms with Crippen molar-refractivity contribution in [3.05, 3.63) is 112 Å². The van der Waals surface area contributed by atoms with E-state index in [0.717, 1.165) is 16.7 Å². The lowest BCUT2D eigenvalue weighted by Gasteiger charge is -2.30. The first-order valence-electron chi connectivity index (χ1n) is 13.4. The van der Waals surface area contributed by atoms with Crippen LogP contribution >= 0.6 is 11.8 Å². The maximum Gasteiger partial charge on any atom is 0.255 e. The summed E-state index contributed by atoms with van der Waals surface area (Å²) in [6, 6.07) is 19.7. The molecule has 9 heteroatoms. The fourth-order valence-electron chi connectivity index (χ4n) is 4.81. The smallest absolute Gasteiger partial charge is 0.255 e. The zero-order valence-corrected chi connectivity index (χ0v) is 24.2. The number of aliphatic hydroxyl groups is 1. The Kier molecular flexibility index (Phi) is 9.86. The number of aliphatic hydroxyl groups excluding tert-OH is 1. The third kappa shape index (κ3) is 6.99. The molecule has 0 radical (unpaired) electrons. The molecule has 0 spiro atoms. The van der Waals surface area contributed by atoms with Gasteiger partial charge in [0.2, 0.25) is 5.91 Å². The Balaban J connectivity index is 1.56. The highest BCUT2D eigenvalue weighted by Crippen LogP contribution is 2.34. The van der Waals surface area contributed by atoms with Crippen molar-refractivity contribution in [2.24, 2.45) is 0 Å². The summed E-state index contributed by atoms with van der Waals surface area (Å²) in [7, 11) is 0. The quantitative estimate of drug-likeness (QED) is 0.309. The van der Waals surface area contributed by atoms with Crippen LogP contribution in [0.4, 0.5) is 0 Å². The third-order valence-electron chi connectivity index (χ3n) is 7.28. The number of carbonyl (C=O) groups is 3. The van der Waals surface area contributed by atoms with Crippen LogP contribution in [0, 0.1) is 13.8 Å². The van der Waals surface area contributed by atoms with E-state index < -0.39 is 30.0 Å². The van der Waals surface area contributed by atoms with Crippen molar-refractivity contribution in [1.82, 2.24) is 15.5 Å². The summed E-state index contributed by atoms with van der Waals surface area (Å²) in [4.78, 5) is 42.5. The molecule has 3 aromatic carbocycles. The van der Waals surface area contributed by atoms with Crippen LogP contribution in [-0.2, 0) is 22.6 Å². The van der Waals surface area contributed by atoms with E-state index in [-0.39, 0.29) is 29.5 Å². The maximum atomic E-state index is 13.8. The van der Waals surface area contributed by atoms with E-state index >= 15 is 0 Å². The van der Waals surface area contributed by atoms with Crippen molar-refractivity contribution in [2.45, 2.75) is 51.9 Å². The molecule has 1 heterocycles. The molecule has 41 heavy (non-hydrogen) atoms. The van der Waals surface area contributed by atoms with Crippen LogP contribution in [0.5, 0.6) is 5.75 Å². The van der Waals surface area contributed by atoms with Crippen LogP contribution < -0.4 is 10.6 Å². The monoisotopic (exact) mass is 573 g/mol. The zero-order chi connectivity index (χ0) is 29.5. The molecule has 4 rings (SSSR count). The second-order valence-electron chi connectivity index (χ2n) is 9.98. The number of aryl methyl sites for hydroxylation is 1. The number of amides is 3. The number of allylic oxidation sites excluding steroid dienone is 1. The lowest BCUT2D eigenvalue weighted by molar-refractivity contribution is -0.145. The lowest BCUT2D eigenvalue weighted by atomic mass is 9.98. The van der Waals surface area contributed by atoms with Gasteiger partial charge >= 0.3 is 0 Å². The fraction of sp³-hybridized carbons (Fsp3) is 0.281. The summed E-state index contributed by atoms with van der Waals surface area (Å²) < 4.78 is 0. The molecule has 3 unspecified atom stereocenters. The van der Waals surface area contributed by atoms with E-state index in [1.807, 2.05) is 68.4 Å². The van der Waals surface area contributed by atoms with Gasteiger partial charge in [0.1, 0.15) is 11.8 Å². The van der Waals surface area contributed by atoms with Gasteiger partial charge in [-0.1, -0.05) is 66.7 Å². The second-order valence-corrected chi connectivity index (χ2v) is 11.0. The number of phenolic OH excluding ortho intramolecular Hbond substituents is 1. The number of hydrogen-bond donors (Lipinski definition) is 4. The number of rotatable bonds is 9. The highest BCUT2D eigenvalue weighted by molar-refractivity contribution is 8.03. The number of nitrogens with zero attached hydrogens (tertiary/aromatic N) is 1. The van der Waals surface area contributed by atoms with Crippen molar-refractivity contribution in [2.75, 3.05) is 5.88 Å². The van der Waals surface area contributed by atoms with Gasteiger partial charge in [-0.15, -0.1) is 11.8 Å². The van der Waals surface area contributed by atoms with Crippen molar-refractivity contribution in [3.8, 4) is 5.75 Å². The summed E-state index contributed by atoms with van der Waals surface area (Å²) in [6.07, 6.45) is 0.357. The van der Waals surface area contributed by atoms with Crippen molar-refractivity contribution >= 4 is 29.5 Å². The van der Waals surface area contributed by atoms with Gasteiger partial charge in [-0.25, -0.2) is 0 Å². The van der Waals surface area contributed by atoms with E-state index in [1.165, 1.54) is 22.7 Å². The molecule has 3 aromatic rings. The molecule has 214 valence electrons.